The van der Waals surface area contributed by atoms with Crippen LogP contribution < -0.4 is 5.32 Å². The Morgan fingerprint density at radius 3 is 2.60 bits per heavy atom. The molecule has 0 aliphatic carbocycles. The topological polar surface area (TPSA) is 37.8 Å². The molecule has 1 atom stereocenters. The third-order valence-corrected chi connectivity index (χ3v) is 3.49. The summed E-state index contributed by atoms with van der Waals surface area (Å²) in [6, 6.07) is 0.558. The average Bonchev–Trinajstić information content (AvgIpc) is 2.71. The summed E-state index contributed by atoms with van der Waals surface area (Å²) in [4.78, 5) is 0. The maximum absolute atomic E-state index is 4.14. The van der Waals surface area contributed by atoms with E-state index in [-0.39, 0.29) is 0 Å². The number of aryl methyl sites for hydroxylation is 1. The SMILES string of the molecule is CCCCC(CC)Nc1nnc(CC)s1. The van der Waals surface area contributed by atoms with Crippen LogP contribution in [0.3, 0.4) is 0 Å². The average molecular weight is 227 g/mol. The van der Waals surface area contributed by atoms with Crippen LogP contribution in [0, 0.1) is 0 Å². The standard InChI is InChI=1S/C11H21N3S/c1-4-7-8-9(5-2)12-11-14-13-10(6-3)15-11/h9H,4-8H2,1-3H3,(H,12,14). The van der Waals surface area contributed by atoms with Gasteiger partial charge >= 0.3 is 0 Å². The lowest BCUT2D eigenvalue weighted by Crippen LogP contribution is -2.17. The van der Waals surface area contributed by atoms with Crippen LogP contribution in [0.25, 0.3) is 0 Å². The van der Waals surface area contributed by atoms with Crippen molar-refractivity contribution in [2.75, 3.05) is 5.32 Å². The zero-order valence-corrected chi connectivity index (χ0v) is 10.7. The van der Waals surface area contributed by atoms with Gasteiger partial charge in [-0.25, -0.2) is 0 Å². The van der Waals surface area contributed by atoms with Crippen molar-refractivity contribution in [3.05, 3.63) is 5.01 Å². The zero-order chi connectivity index (χ0) is 11.1. The van der Waals surface area contributed by atoms with Crippen LogP contribution in [0.2, 0.25) is 0 Å². The summed E-state index contributed by atoms with van der Waals surface area (Å²) in [5.41, 5.74) is 0. The highest BCUT2D eigenvalue weighted by molar-refractivity contribution is 7.15. The van der Waals surface area contributed by atoms with Crippen LogP contribution in [0.4, 0.5) is 5.13 Å². The van der Waals surface area contributed by atoms with Crippen molar-refractivity contribution in [3.8, 4) is 0 Å². The van der Waals surface area contributed by atoms with Crippen molar-refractivity contribution < 1.29 is 0 Å². The molecule has 15 heavy (non-hydrogen) atoms. The molecule has 0 saturated heterocycles. The van der Waals surface area contributed by atoms with Crippen molar-refractivity contribution in [2.24, 2.45) is 0 Å². The van der Waals surface area contributed by atoms with E-state index in [0.717, 1.165) is 23.0 Å². The molecule has 0 aliphatic heterocycles. The van der Waals surface area contributed by atoms with Crippen LogP contribution >= 0.6 is 11.3 Å². The van der Waals surface area contributed by atoms with E-state index in [9.17, 15) is 0 Å². The van der Waals surface area contributed by atoms with Gasteiger partial charge in [0.2, 0.25) is 5.13 Å². The Morgan fingerprint density at radius 2 is 2.07 bits per heavy atom. The summed E-state index contributed by atoms with van der Waals surface area (Å²) in [6.45, 7) is 6.56. The Bertz CT molecular complexity index is 273. The monoisotopic (exact) mass is 227 g/mol. The molecule has 0 bridgehead atoms. The maximum Gasteiger partial charge on any atom is 0.205 e. The fourth-order valence-corrected chi connectivity index (χ4v) is 2.21. The summed E-state index contributed by atoms with van der Waals surface area (Å²) in [6.07, 6.45) is 5.90. The second-order valence-corrected chi connectivity index (χ2v) is 4.81. The van der Waals surface area contributed by atoms with Crippen molar-refractivity contribution in [3.63, 3.8) is 0 Å². The highest BCUT2D eigenvalue weighted by Gasteiger charge is 2.08. The van der Waals surface area contributed by atoms with E-state index < -0.39 is 0 Å². The van der Waals surface area contributed by atoms with E-state index in [1.165, 1.54) is 19.3 Å². The number of rotatable bonds is 7. The normalized spacial score (nSPS) is 12.7. The second kappa shape index (κ2) is 6.77. The van der Waals surface area contributed by atoms with Crippen molar-refractivity contribution >= 4 is 16.5 Å². The number of aromatic nitrogens is 2. The quantitative estimate of drug-likeness (QED) is 0.775. The van der Waals surface area contributed by atoms with E-state index in [4.69, 9.17) is 0 Å². The Morgan fingerprint density at radius 1 is 1.27 bits per heavy atom. The predicted molar refractivity (Wildman–Crippen MR) is 66.5 cm³/mol. The first kappa shape index (κ1) is 12.4. The van der Waals surface area contributed by atoms with Crippen molar-refractivity contribution in [2.45, 2.75) is 58.9 Å². The van der Waals surface area contributed by atoms with Gasteiger partial charge in [-0.05, 0) is 19.3 Å². The van der Waals surface area contributed by atoms with Crippen LogP contribution in [0.1, 0.15) is 51.5 Å². The fourth-order valence-electron chi connectivity index (χ4n) is 1.46. The third kappa shape index (κ3) is 4.16. The molecule has 1 aromatic heterocycles. The number of unbranched alkanes of at least 4 members (excludes halogenated alkanes) is 1. The van der Waals surface area contributed by atoms with Gasteiger partial charge < -0.3 is 5.32 Å². The second-order valence-electron chi connectivity index (χ2n) is 3.75. The van der Waals surface area contributed by atoms with Crippen molar-refractivity contribution in [1.82, 2.24) is 10.2 Å². The lowest BCUT2D eigenvalue weighted by atomic mass is 10.1. The fraction of sp³-hybridized carbons (Fsp3) is 0.818. The molecule has 1 N–H and O–H groups in total. The molecule has 0 spiro atoms. The highest BCUT2D eigenvalue weighted by Crippen LogP contribution is 2.18. The van der Waals surface area contributed by atoms with Crippen LogP contribution in [-0.2, 0) is 6.42 Å². The number of hydrogen-bond donors (Lipinski definition) is 1. The van der Waals surface area contributed by atoms with Gasteiger partial charge in [-0.2, -0.15) is 0 Å². The smallest absolute Gasteiger partial charge is 0.205 e. The summed E-state index contributed by atoms with van der Waals surface area (Å²) in [7, 11) is 0. The molecular weight excluding hydrogens is 206 g/mol. The van der Waals surface area contributed by atoms with E-state index in [1.54, 1.807) is 11.3 Å². The van der Waals surface area contributed by atoms with E-state index in [2.05, 4.69) is 36.3 Å². The van der Waals surface area contributed by atoms with Crippen LogP contribution in [0.5, 0.6) is 0 Å². The van der Waals surface area contributed by atoms with E-state index in [0.29, 0.717) is 6.04 Å². The first-order valence-electron chi connectivity index (χ1n) is 5.89. The van der Waals surface area contributed by atoms with E-state index >= 15 is 0 Å². The minimum atomic E-state index is 0.558. The number of nitrogens with one attached hydrogen (secondary N) is 1. The number of nitrogens with zero attached hydrogens (tertiary/aromatic N) is 2. The van der Waals surface area contributed by atoms with Gasteiger partial charge in [-0.3, -0.25) is 0 Å². The molecule has 0 fully saturated rings. The lowest BCUT2D eigenvalue weighted by molar-refractivity contribution is 0.592. The predicted octanol–water partition coefficient (Wildman–Crippen LogP) is 3.48. The van der Waals surface area contributed by atoms with E-state index in [1.807, 2.05) is 0 Å². The maximum atomic E-state index is 4.14. The molecule has 1 unspecified atom stereocenters. The van der Waals surface area contributed by atoms with Crippen LogP contribution in [0.15, 0.2) is 0 Å². The molecule has 4 heteroatoms. The molecule has 1 heterocycles. The van der Waals surface area contributed by atoms with Gasteiger partial charge in [0.25, 0.3) is 0 Å². The van der Waals surface area contributed by atoms with Gasteiger partial charge in [0.1, 0.15) is 5.01 Å². The van der Waals surface area contributed by atoms with Crippen LogP contribution in [-0.4, -0.2) is 16.2 Å². The Hall–Kier alpha value is -0.640. The summed E-state index contributed by atoms with van der Waals surface area (Å²) >= 11 is 1.68. The molecule has 1 rings (SSSR count). The van der Waals surface area contributed by atoms with Gasteiger partial charge in [0, 0.05) is 6.04 Å². The van der Waals surface area contributed by atoms with Gasteiger partial charge in [-0.1, -0.05) is 44.9 Å². The molecule has 0 aromatic carbocycles. The third-order valence-electron chi connectivity index (χ3n) is 2.50. The Kier molecular flexibility index (Phi) is 5.61. The number of hydrogen-bond acceptors (Lipinski definition) is 4. The van der Waals surface area contributed by atoms with Gasteiger partial charge in [0.15, 0.2) is 0 Å². The minimum Gasteiger partial charge on any atom is -0.357 e. The highest BCUT2D eigenvalue weighted by atomic mass is 32.1. The summed E-state index contributed by atoms with van der Waals surface area (Å²) < 4.78 is 0. The summed E-state index contributed by atoms with van der Waals surface area (Å²) in [5, 5.41) is 13.8. The molecule has 0 aliphatic rings. The lowest BCUT2D eigenvalue weighted by Gasteiger charge is -2.14. The van der Waals surface area contributed by atoms with Gasteiger partial charge in [0.05, 0.1) is 0 Å². The Balaban J connectivity index is 2.43. The molecule has 1 aromatic rings. The molecule has 0 saturated carbocycles. The molecule has 0 amide bonds. The number of anilines is 1. The Labute approximate surface area is 96.3 Å². The first-order valence-corrected chi connectivity index (χ1v) is 6.70. The minimum absolute atomic E-state index is 0.558. The molecule has 0 radical (unpaired) electrons. The molecular formula is C11H21N3S. The van der Waals surface area contributed by atoms with Crippen molar-refractivity contribution in [1.29, 1.82) is 0 Å². The summed E-state index contributed by atoms with van der Waals surface area (Å²) in [5.74, 6) is 0. The zero-order valence-electron chi connectivity index (χ0n) is 9.92. The first-order chi connectivity index (χ1) is 7.30. The van der Waals surface area contributed by atoms with Gasteiger partial charge in [-0.15, -0.1) is 10.2 Å². The largest absolute Gasteiger partial charge is 0.357 e. The molecule has 3 nitrogen and oxygen atoms in total. The molecule has 86 valence electrons.